The zero-order valence-electron chi connectivity index (χ0n) is 11.1. The van der Waals surface area contributed by atoms with Crippen LogP contribution in [0, 0.1) is 11.7 Å². The lowest BCUT2D eigenvalue weighted by molar-refractivity contribution is -0.122. The Morgan fingerprint density at radius 2 is 2.10 bits per heavy atom. The van der Waals surface area contributed by atoms with Crippen LogP contribution in [0.4, 0.5) is 10.1 Å². The van der Waals surface area contributed by atoms with Crippen LogP contribution < -0.4 is 11.5 Å². The van der Waals surface area contributed by atoms with Crippen LogP contribution in [0.3, 0.4) is 0 Å². The van der Waals surface area contributed by atoms with Gasteiger partial charge in [-0.25, -0.2) is 12.8 Å². The van der Waals surface area contributed by atoms with Crippen molar-refractivity contribution in [2.75, 3.05) is 18.8 Å². The minimum Gasteiger partial charge on any atom is -0.399 e. The van der Waals surface area contributed by atoms with E-state index >= 15 is 0 Å². The number of nitrogen functional groups attached to an aromatic ring is 1. The molecule has 9 heteroatoms. The lowest BCUT2D eigenvalue weighted by Gasteiger charge is -2.30. The van der Waals surface area contributed by atoms with Crippen molar-refractivity contribution in [3.8, 4) is 0 Å². The molecule has 116 valence electrons. The summed E-state index contributed by atoms with van der Waals surface area (Å²) in [6, 6.07) is 2.16. The van der Waals surface area contributed by atoms with Crippen molar-refractivity contribution in [2.45, 2.75) is 17.7 Å². The minimum absolute atomic E-state index is 0.0448. The number of benzene rings is 1. The number of carbonyl (C=O) groups is 1. The summed E-state index contributed by atoms with van der Waals surface area (Å²) in [5, 5.41) is -0.364. The fourth-order valence-corrected chi connectivity index (χ4v) is 4.23. The van der Waals surface area contributed by atoms with Gasteiger partial charge in [0.2, 0.25) is 15.9 Å². The molecule has 1 saturated heterocycles. The molecule has 1 unspecified atom stereocenters. The van der Waals surface area contributed by atoms with Crippen LogP contribution in [0.2, 0.25) is 5.02 Å². The highest BCUT2D eigenvalue weighted by Gasteiger charge is 2.34. The monoisotopic (exact) mass is 335 g/mol. The topological polar surface area (TPSA) is 106 Å². The highest BCUT2D eigenvalue weighted by Crippen LogP contribution is 2.30. The fraction of sp³-hybridized carbons (Fsp3) is 0.417. The number of rotatable bonds is 3. The summed E-state index contributed by atoms with van der Waals surface area (Å²) in [6.45, 7) is 0.126. The second-order valence-electron chi connectivity index (χ2n) is 4.92. The van der Waals surface area contributed by atoms with Gasteiger partial charge in [0.1, 0.15) is 4.90 Å². The molecule has 0 spiro atoms. The SMILES string of the molecule is NC(=O)C1CCCN(S(=O)(=O)c2cc(N)cc(Cl)c2F)C1. The van der Waals surface area contributed by atoms with E-state index in [4.69, 9.17) is 23.1 Å². The minimum atomic E-state index is -4.12. The first-order valence-corrected chi connectivity index (χ1v) is 8.09. The predicted octanol–water partition coefficient (Wildman–Crippen LogP) is 0.947. The van der Waals surface area contributed by atoms with Crippen molar-refractivity contribution in [2.24, 2.45) is 11.7 Å². The van der Waals surface area contributed by atoms with E-state index in [1.54, 1.807) is 0 Å². The van der Waals surface area contributed by atoms with E-state index in [1.807, 2.05) is 0 Å². The molecule has 0 aromatic heterocycles. The summed E-state index contributed by atoms with van der Waals surface area (Å²) in [4.78, 5) is 10.6. The molecule has 1 atom stereocenters. The van der Waals surface area contributed by atoms with E-state index < -0.39 is 32.6 Å². The van der Waals surface area contributed by atoms with Crippen molar-refractivity contribution < 1.29 is 17.6 Å². The molecular formula is C12H15ClFN3O3S. The summed E-state index contributed by atoms with van der Waals surface area (Å²) >= 11 is 5.63. The number of halogens is 2. The number of hydrogen-bond acceptors (Lipinski definition) is 4. The van der Waals surface area contributed by atoms with Crippen LogP contribution in [0.25, 0.3) is 0 Å². The van der Waals surface area contributed by atoms with Crippen molar-refractivity contribution in [3.05, 3.63) is 23.0 Å². The Labute approximate surface area is 126 Å². The maximum atomic E-state index is 14.0. The zero-order chi connectivity index (χ0) is 15.8. The Kier molecular flexibility index (Phi) is 4.40. The Morgan fingerprint density at radius 3 is 2.71 bits per heavy atom. The Balaban J connectivity index is 2.40. The second-order valence-corrected chi connectivity index (χ2v) is 7.23. The maximum Gasteiger partial charge on any atom is 0.246 e. The lowest BCUT2D eigenvalue weighted by atomic mass is 9.99. The number of primary amides is 1. The van der Waals surface area contributed by atoms with E-state index in [2.05, 4.69) is 0 Å². The predicted molar refractivity (Wildman–Crippen MR) is 76.5 cm³/mol. The van der Waals surface area contributed by atoms with Gasteiger partial charge in [-0.15, -0.1) is 0 Å². The van der Waals surface area contributed by atoms with E-state index in [0.717, 1.165) is 16.4 Å². The van der Waals surface area contributed by atoms with Crippen molar-refractivity contribution in [3.63, 3.8) is 0 Å². The van der Waals surface area contributed by atoms with Gasteiger partial charge in [0.25, 0.3) is 0 Å². The van der Waals surface area contributed by atoms with Gasteiger partial charge in [-0.3, -0.25) is 4.79 Å². The molecule has 2 rings (SSSR count). The number of amides is 1. The van der Waals surface area contributed by atoms with Gasteiger partial charge in [0.05, 0.1) is 10.9 Å². The Hall–Kier alpha value is -1.38. The van der Waals surface area contributed by atoms with Gasteiger partial charge in [0, 0.05) is 18.8 Å². The number of anilines is 1. The normalized spacial score (nSPS) is 20.4. The van der Waals surface area contributed by atoms with Crippen LogP contribution in [0.15, 0.2) is 17.0 Å². The highest BCUT2D eigenvalue weighted by molar-refractivity contribution is 7.89. The van der Waals surface area contributed by atoms with Crippen LogP contribution in [-0.4, -0.2) is 31.7 Å². The quantitative estimate of drug-likeness (QED) is 0.802. The number of piperidine rings is 1. The zero-order valence-corrected chi connectivity index (χ0v) is 12.6. The third-order valence-electron chi connectivity index (χ3n) is 3.42. The average molecular weight is 336 g/mol. The van der Waals surface area contributed by atoms with Gasteiger partial charge < -0.3 is 11.5 Å². The molecule has 1 heterocycles. The molecule has 0 aliphatic carbocycles. The number of nitrogens with zero attached hydrogens (tertiary/aromatic N) is 1. The van der Waals surface area contributed by atoms with E-state index in [1.165, 1.54) is 0 Å². The number of hydrogen-bond donors (Lipinski definition) is 2. The second kappa shape index (κ2) is 5.78. The maximum absolute atomic E-state index is 14.0. The van der Waals surface area contributed by atoms with Crippen LogP contribution in [-0.2, 0) is 14.8 Å². The van der Waals surface area contributed by atoms with Crippen molar-refractivity contribution >= 4 is 33.2 Å². The Bertz CT molecular complexity index is 681. The average Bonchev–Trinajstić information content (AvgIpc) is 2.42. The van der Waals surface area contributed by atoms with E-state index in [-0.39, 0.29) is 23.8 Å². The molecule has 1 aliphatic rings. The molecule has 1 fully saturated rings. The van der Waals surface area contributed by atoms with Gasteiger partial charge in [-0.1, -0.05) is 11.6 Å². The molecule has 0 radical (unpaired) electrons. The summed E-state index contributed by atoms with van der Waals surface area (Å²) in [7, 11) is -4.12. The first-order chi connectivity index (χ1) is 9.73. The molecule has 0 bridgehead atoms. The molecule has 1 aromatic carbocycles. The fourth-order valence-electron chi connectivity index (χ4n) is 2.30. The van der Waals surface area contributed by atoms with Crippen LogP contribution >= 0.6 is 11.6 Å². The molecule has 1 aromatic rings. The molecule has 4 N–H and O–H groups in total. The summed E-state index contributed by atoms with van der Waals surface area (Å²) in [6.07, 6.45) is 0.992. The van der Waals surface area contributed by atoms with E-state index in [0.29, 0.717) is 12.8 Å². The first-order valence-electron chi connectivity index (χ1n) is 6.27. The van der Waals surface area contributed by atoms with Gasteiger partial charge >= 0.3 is 0 Å². The van der Waals surface area contributed by atoms with Gasteiger partial charge in [-0.05, 0) is 25.0 Å². The largest absolute Gasteiger partial charge is 0.399 e. The van der Waals surface area contributed by atoms with Crippen LogP contribution in [0.1, 0.15) is 12.8 Å². The molecular weight excluding hydrogens is 321 g/mol. The first kappa shape index (κ1) is 16.0. The smallest absolute Gasteiger partial charge is 0.246 e. The molecule has 21 heavy (non-hydrogen) atoms. The van der Waals surface area contributed by atoms with Crippen molar-refractivity contribution in [1.29, 1.82) is 0 Å². The van der Waals surface area contributed by atoms with E-state index in [9.17, 15) is 17.6 Å². The van der Waals surface area contributed by atoms with Gasteiger partial charge in [-0.2, -0.15) is 4.31 Å². The molecule has 6 nitrogen and oxygen atoms in total. The van der Waals surface area contributed by atoms with Gasteiger partial charge in [0.15, 0.2) is 5.82 Å². The molecule has 1 aliphatic heterocycles. The van der Waals surface area contributed by atoms with Crippen molar-refractivity contribution in [1.82, 2.24) is 4.31 Å². The lowest BCUT2D eigenvalue weighted by Crippen LogP contribution is -2.44. The van der Waals surface area contributed by atoms with Crippen LogP contribution in [0.5, 0.6) is 0 Å². The standard InChI is InChI=1S/C12H15ClFN3O3S/c13-9-4-8(15)5-10(11(9)14)21(19,20)17-3-1-2-7(6-17)12(16)18/h4-5,7H,1-3,6,15H2,(H2,16,18). The highest BCUT2D eigenvalue weighted by atomic mass is 35.5. The summed E-state index contributed by atoms with van der Waals surface area (Å²) < 4.78 is 40.0. The number of carbonyl (C=O) groups excluding carboxylic acids is 1. The summed E-state index contributed by atoms with van der Waals surface area (Å²) in [5.41, 5.74) is 10.8. The number of nitrogens with two attached hydrogens (primary N) is 2. The molecule has 0 saturated carbocycles. The summed E-state index contributed by atoms with van der Waals surface area (Å²) in [5.74, 6) is -2.19. The molecule has 1 amide bonds. The number of sulfonamides is 1. The Morgan fingerprint density at radius 1 is 1.43 bits per heavy atom. The third-order valence-corrected chi connectivity index (χ3v) is 5.56. The third kappa shape index (κ3) is 3.12.